The molecule has 0 aromatic rings. The van der Waals surface area contributed by atoms with Crippen molar-refractivity contribution in [2.24, 2.45) is 23.7 Å². The third-order valence-corrected chi connectivity index (χ3v) is 6.60. The smallest absolute Gasteiger partial charge is 0.222 e. The SMILES string of the molecule is CC#CC[C@H](C)[C@H](O)/C=C/[C@@H]1[C@H]2C/C(=C/CCCCC(=O)N(C)C)C[C@H]2C[C@H]1O. The number of carbonyl (C=O) groups excluding carboxylic acids is 1. The van der Waals surface area contributed by atoms with Crippen molar-refractivity contribution >= 4 is 5.91 Å². The first-order valence-electron chi connectivity index (χ1n) is 11.2. The number of fused-ring (bicyclic) bond motifs is 1. The summed E-state index contributed by atoms with van der Waals surface area (Å²) in [7, 11) is 3.61. The van der Waals surface area contributed by atoms with Crippen LogP contribution in [0.1, 0.15) is 65.2 Å². The fraction of sp³-hybridized carbons (Fsp3) is 0.720. The van der Waals surface area contributed by atoms with Gasteiger partial charge in [-0.25, -0.2) is 0 Å². The van der Waals surface area contributed by atoms with E-state index in [1.807, 2.05) is 19.9 Å². The molecule has 0 saturated heterocycles. The van der Waals surface area contributed by atoms with Gasteiger partial charge in [0.1, 0.15) is 0 Å². The van der Waals surface area contributed by atoms with Gasteiger partial charge in [-0.05, 0) is 63.2 Å². The van der Waals surface area contributed by atoms with Crippen LogP contribution < -0.4 is 0 Å². The molecule has 2 fully saturated rings. The van der Waals surface area contributed by atoms with Crippen LogP contribution in [0.5, 0.6) is 0 Å². The molecule has 0 unspecified atom stereocenters. The Bertz CT molecular complexity index is 655. The van der Waals surface area contributed by atoms with Crippen LogP contribution in [0.25, 0.3) is 0 Å². The average Bonchev–Trinajstić information content (AvgIpc) is 3.19. The number of amides is 1. The first-order valence-corrected chi connectivity index (χ1v) is 11.2. The van der Waals surface area contributed by atoms with E-state index in [2.05, 4.69) is 24.0 Å². The molecule has 162 valence electrons. The summed E-state index contributed by atoms with van der Waals surface area (Å²) in [6, 6.07) is 0. The molecule has 29 heavy (non-hydrogen) atoms. The molecule has 2 aliphatic carbocycles. The van der Waals surface area contributed by atoms with E-state index in [0.29, 0.717) is 24.7 Å². The molecule has 0 heterocycles. The van der Waals surface area contributed by atoms with Gasteiger partial charge < -0.3 is 15.1 Å². The lowest BCUT2D eigenvalue weighted by Gasteiger charge is -2.19. The lowest BCUT2D eigenvalue weighted by atomic mass is 9.89. The number of nitrogens with zero attached hydrogens (tertiary/aromatic N) is 1. The minimum Gasteiger partial charge on any atom is -0.392 e. The molecule has 0 aromatic carbocycles. The summed E-state index contributed by atoms with van der Waals surface area (Å²) < 4.78 is 0. The Morgan fingerprint density at radius 2 is 2.07 bits per heavy atom. The van der Waals surface area contributed by atoms with Crippen LogP contribution in [0.15, 0.2) is 23.8 Å². The maximum absolute atomic E-state index is 11.6. The first kappa shape index (κ1) is 23.7. The quantitative estimate of drug-likeness (QED) is 0.350. The Labute approximate surface area is 177 Å². The standard InChI is InChI=1S/C25H39NO3/c1-5-6-10-18(2)23(27)14-13-21-22-16-19(15-20(22)17-24(21)28)11-8-7-9-12-25(29)26(3)4/h11,13-14,18,20-24,27-28H,7-10,12,15-17H2,1-4H3/b14-13+,19-11+/t18-,20-,21+,22-,23+,24+/m0/s1. The maximum Gasteiger partial charge on any atom is 0.222 e. The molecule has 2 aliphatic rings. The Kier molecular flexibility index (Phi) is 9.46. The molecule has 0 aliphatic heterocycles. The van der Waals surface area contributed by atoms with Crippen LogP contribution in [0, 0.1) is 35.5 Å². The minimum absolute atomic E-state index is 0.103. The van der Waals surface area contributed by atoms with Gasteiger partial charge in [0, 0.05) is 32.9 Å². The molecular formula is C25H39NO3. The number of carbonyl (C=O) groups is 1. The molecule has 0 aromatic heterocycles. The van der Waals surface area contributed by atoms with Crippen molar-refractivity contribution in [2.45, 2.75) is 77.4 Å². The molecule has 2 saturated carbocycles. The second-order valence-corrected chi connectivity index (χ2v) is 9.09. The summed E-state index contributed by atoms with van der Waals surface area (Å²) in [5, 5.41) is 20.9. The van der Waals surface area contributed by atoms with Gasteiger partial charge in [0.2, 0.25) is 5.91 Å². The maximum atomic E-state index is 11.6. The van der Waals surface area contributed by atoms with E-state index < -0.39 is 6.10 Å². The molecule has 0 radical (unpaired) electrons. The molecule has 2 rings (SSSR count). The molecule has 2 N–H and O–H groups in total. The van der Waals surface area contributed by atoms with Gasteiger partial charge >= 0.3 is 0 Å². The number of hydrogen-bond acceptors (Lipinski definition) is 3. The van der Waals surface area contributed by atoms with E-state index in [-0.39, 0.29) is 23.8 Å². The molecule has 0 bridgehead atoms. The van der Waals surface area contributed by atoms with E-state index in [4.69, 9.17) is 0 Å². The summed E-state index contributed by atoms with van der Waals surface area (Å²) >= 11 is 0. The zero-order chi connectivity index (χ0) is 21.4. The number of unbranched alkanes of at least 4 members (excludes halogenated alkanes) is 2. The topological polar surface area (TPSA) is 60.8 Å². The first-order chi connectivity index (χ1) is 13.8. The number of allylic oxidation sites excluding steroid dienone is 2. The van der Waals surface area contributed by atoms with Gasteiger partial charge in [0.15, 0.2) is 0 Å². The van der Waals surface area contributed by atoms with Crippen LogP contribution in [-0.2, 0) is 4.79 Å². The third-order valence-electron chi connectivity index (χ3n) is 6.60. The van der Waals surface area contributed by atoms with Crippen molar-refractivity contribution in [1.82, 2.24) is 4.90 Å². The number of hydrogen-bond donors (Lipinski definition) is 2. The summed E-state index contributed by atoms with van der Waals surface area (Å²) in [5.74, 6) is 7.40. The van der Waals surface area contributed by atoms with Gasteiger partial charge in [-0.3, -0.25) is 4.79 Å². The van der Waals surface area contributed by atoms with Gasteiger partial charge in [-0.15, -0.1) is 11.8 Å². The van der Waals surface area contributed by atoms with Crippen molar-refractivity contribution in [1.29, 1.82) is 0 Å². The molecule has 1 amide bonds. The van der Waals surface area contributed by atoms with Crippen LogP contribution >= 0.6 is 0 Å². The predicted octanol–water partition coefficient (Wildman–Crippen LogP) is 3.94. The zero-order valence-corrected chi connectivity index (χ0v) is 18.6. The Morgan fingerprint density at radius 3 is 2.76 bits per heavy atom. The third kappa shape index (κ3) is 7.01. The second kappa shape index (κ2) is 11.6. The monoisotopic (exact) mass is 401 g/mol. The molecular weight excluding hydrogens is 362 g/mol. The normalized spacial score (nSPS) is 29.5. The highest BCUT2D eigenvalue weighted by Crippen LogP contribution is 2.50. The molecule has 4 heteroatoms. The summed E-state index contributed by atoms with van der Waals surface area (Å²) in [4.78, 5) is 13.3. The number of rotatable bonds is 9. The molecule has 6 atom stereocenters. The van der Waals surface area contributed by atoms with E-state index >= 15 is 0 Å². The largest absolute Gasteiger partial charge is 0.392 e. The van der Waals surface area contributed by atoms with Crippen LogP contribution in [-0.4, -0.2) is 47.3 Å². The van der Waals surface area contributed by atoms with Crippen molar-refractivity contribution in [3.63, 3.8) is 0 Å². The number of aliphatic hydroxyl groups is 2. The number of aliphatic hydroxyl groups excluding tert-OH is 2. The fourth-order valence-corrected chi connectivity index (χ4v) is 4.71. The van der Waals surface area contributed by atoms with Crippen molar-refractivity contribution in [3.05, 3.63) is 23.8 Å². The highest BCUT2D eigenvalue weighted by Gasteiger charge is 2.44. The van der Waals surface area contributed by atoms with Gasteiger partial charge in [-0.1, -0.05) is 30.7 Å². The lowest BCUT2D eigenvalue weighted by molar-refractivity contribution is -0.128. The van der Waals surface area contributed by atoms with Gasteiger partial charge in [0.05, 0.1) is 12.2 Å². The summed E-state index contributed by atoms with van der Waals surface area (Å²) in [6.07, 6.45) is 12.9. The molecule has 4 nitrogen and oxygen atoms in total. The van der Waals surface area contributed by atoms with E-state index in [9.17, 15) is 15.0 Å². The average molecular weight is 402 g/mol. The van der Waals surface area contributed by atoms with Gasteiger partial charge in [-0.2, -0.15) is 0 Å². The summed E-state index contributed by atoms with van der Waals surface area (Å²) in [6.45, 7) is 3.83. The Hall–Kier alpha value is -1.57. The predicted molar refractivity (Wildman–Crippen MR) is 118 cm³/mol. The van der Waals surface area contributed by atoms with E-state index in [1.165, 1.54) is 5.57 Å². The van der Waals surface area contributed by atoms with E-state index in [1.54, 1.807) is 19.0 Å². The van der Waals surface area contributed by atoms with Crippen LogP contribution in [0.4, 0.5) is 0 Å². The fourth-order valence-electron chi connectivity index (χ4n) is 4.71. The zero-order valence-electron chi connectivity index (χ0n) is 18.6. The highest BCUT2D eigenvalue weighted by atomic mass is 16.3. The highest BCUT2D eigenvalue weighted by molar-refractivity contribution is 5.75. The lowest BCUT2D eigenvalue weighted by Crippen LogP contribution is -2.20. The Balaban J connectivity index is 1.82. The second-order valence-electron chi connectivity index (χ2n) is 9.09. The van der Waals surface area contributed by atoms with Crippen molar-refractivity contribution in [3.8, 4) is 11.8 Å². The Morgan fingerprint density at radius 1 is 1.31 bits per heavy atom. The van der Waals surface area contributed by atoms with Crippen molar-refractivity contribution in [2.75, 3.05) is 14.1 Å². The summed E-state index contributed by atoms with van der Waals surface area (Å²) in [5.41, 5.74) is 1.51. The van der Waals surface area contributed by atoms with Gasteiger partial charge in [0.25, 0.3) is 0 Å². The van der Waals surface area contributed by atoms with Crippen molar-refractivity contribution < 1.29 is 15.0 Å². The van der Waals surface area contributed by atoms with Crippen LogP contribution in [0.2, 0.25) is 0 Å². The molecule has 0 spiro atoms. The minimum atomic E-state index is -0.511. The van der Waals surface area contributed by atoms with E-state index in [0.717, 1.165) is 38.5 Å². The van der Waals surface area contributed by atoms with Crippen LogP contribution in [0.3, 0.4) is 0 Å².